The van der Waals surface area contributed by atoms with Crippen molar-refractivity contribution in [3.63, 3.8) is 0 Å². The molecule has 0 saturated heterocycles. The first kappa shape index (κ1) is 19.2. The number of carbonyl (C=O) groups is 1. The van der Waals surface area contributed by atoms with Gasteiger partial charge in [-0.15, -0.1) is 0 Å². The van der Waals surface area contributed by atoms with Gasteiger partial charge in [-0.25, -0.2) is 9.78 Å². The molecular weight excluding hydrogens is 399 g/mol. The van der Waals surface area contributed by atoms with Gasteiger partial charge in [0.05, 0.1) is 5.56 Å². The first-order valence-corrected chi connectivity index (χ1v) is 9.89. The van der Waals surface area contributed by atoms with Gasteiger partial charge in [0, 0.05) is 21.7 Å². The van der Waals surface area contributed by atoms with Gasteiger partial charge < -0.3 is 14.1 Å². The fraction of sp³-hybridized carbons (Fsp3) is 0.333. The molecule has 0 unspecified atom stereocenters. The highest BCUT2D eigenvalue weighted by Gasteiger charge is 2.29. The van der Waals surface area contributed by atoms with Crippen LogP contribution in [0.3, 0.4) is 0 Å². The van der Waals surface area contributed by atoms with E-state index in [1.807, 2.05) is 0 Å². The van der Waals surface area contributed by atoms with Crippen LogP contribution in [0.15, 0.2) is 40.8 Å². The number of benzene rings is 2. The molecule has 2 atom stereocenters. The Morgan fingerprint density at radius 2 is 1.89 bits per heavy atom. The molecule has 1 aliphatic rings. The van der Waals surface area contributed by atoms with Crippen LogP contribution in [0.2, 0.25) is 10.0 Å². The first-order valence-electron chi connectivity index (χ1n) is 9.13. The molecule has 1 aliphatic carbocycles. The molecule has 1 aromatic heterocycles. The Morgan fingerprint density at radius 3 is 2.57 bits per heavy atom. The summed E-state index contributed by atoms with van der Waals surface area (Å²) in [5.41, 5.74) is 2.29. The van der Waals surface area contributed by atoms with Crippen LogP contribution in [0.25, 0.3) is 22.6 Å². The van der Waals surface area contributed by atoms with Crippen molar-refractivity contribution >= 4 is 40.3 Å². The van der Waals surface area contributed by atoms with Crippen LogP contribution < -0.4 is 0 Å². The summed E-state index contributed by atoms with van der Waals surface area (Å²) in [5, 5.41) is 1.00. The summed E-state index contributed by atoms with van der Waals surface area (Å²) in [5.74, 6) is 0.0598. The number of halogens is 2. The molecule has 146 valence electrons. The minimum Gasteiger partial charge on any atom is -0.459 e. The third-order valence-electron chi connectivity index (χ3n) is 5.09. The molecule has 5 nitrogen and oxygen atoms in total. The van der Waals surface area contributed by atoms with Crippen LogP contribution in [0.4, 0.5) is 0 Å². The lowest BCUT2D eigenvalue weighted by molar-refractivity contribution is 0.0304. The quantitative estimate of drug-likeness (QED) is 0.527. The largest absolute Gasteiger partial charge is 0.459 e. The number of rotatable bonds is 4. The second-order valence-electron chi connectivity index (χ2n) is 7.32. The molecule has 1 heterocycles. The summed E-state index contributed by atoms with van der Waals surface area (Å²) in [6.07, 6.45) is 2.74. The van der Waals surface area contributed by atoms with Gasteiger partial charge in [0.2, 0.25) is 5.89 Å². The maximum Gasteiger partial charge on any atom is 0.338 e. The monoisotopic (exact) mass is 418 g/mol. The van der Waals surface area contributed by atoms with Crippen molar-refractivity contribution in [1.82, 2.24) is 9.88 Å². The third-order valence-corrected chi connectivity index (χ3v) is 5.53. The van der Waals surface area contributed by atoms with E-state index < -0.39 is 0 Å². The summed E-state index contributed by atoms with van der Waals surface area (Å²) in [6.45, 7) is 0. The van der Waals surface area contributed by atoms with E-state index in [0.717, 1.165) is 19.3 Å². The smallest absolute Gasteiger partial charge is 0.338 e. The average molecular weight is 419 g/mol. The minimum absolute atomic E-state index is 0.0468. The summed E-state index contributed by atoms with van der Waals surface area (Å²) in [4.78, 5) is 19.2. The van der Waals surface area contributed by atoms with E-state index in [4.69, 9.17) is 32.4 Å². The molecule has 0 radical (unpaired) electrons. The zero-order valence-electron chi connectivity index (χ0n) is 15.6. The molecule has 2 aromatic carbocycles. The number of nitrogens with zero attached hydrogens (tertiary/aromatic N) is 2. The van der Waals surface area contributed by atoms with Crippen molar-refractivity contribution in [3.8, 4) is 11.5 Å². The Kier molecular flexibility index (Phi) is 5.32. The molecule has 0 N–H and O–H groups in total. The van der Waals surface area contributed by atoms with Crippen LogP contribution in [0.1, 0.15) is 29.6 Å². The van der Waals surface area contributed by atoms with Crippen molar-refractivity contribution in [2.45, 2.75) is 31.4 Å². The van der Waals surface area contributed by atoms with Gasteiger partial charge in [0.1, 0.15) is 11.6 Å². The predicted octanol–water partition coefficient (Wildman–Crippen LogP) is 5.44. The molecule has 1 fully saturated rings. The molecule has 1 saturated carbocycles. The van der Waals surface area contributed by atoms with Crippen LogP contribution >= 0.6 is 23.2 Å². The second-order valence-corrected chi connectivity index (χ2v) is 8.19. The van der Waals surface area contributed by atoms with Crippen molar-refractivity contribution in [1.29, 1.82) is 0 Å². The summed E-state index contributed by atoms with van der Waals surface area (Å²) >= 11 is 12.1. The lowest BCUT2D eigenvalue weighted by Crippen LogP contribution is -2.26. The van der Waals surface area contributed by atoms with E-state index in [9.17, 15) is 4.79 Å². The number of esters is 1. The van der Waals surface area contributed by atoms with Crippen LogP contribution in [0, 0.1) is 0 Å². The zero-order valence-corrected chi connectivity index (χ0v) is 17.1. The highest BCUT2D eigenvalue weighted by Crippen LogP contribution is 2.30. The number of ether oxygens (including phenoxy) is 1. The molecular formula is C21H20Cl2N2O3. The van der Waals surface area contributed by atoms with Gasteiger partial charge in [0.25, 0.3) is 0 Å². The molecule has 3 aromatic rings. The molecule has 28 heavy (non-hydrogen) atoms. The summed E-state index contributed by atoms with van der Waals surface area (Å²) in [7, 11) is 4.11. The normalized spacial score (nSPS) is 19.5. The van der Waals surface area contributed by atoms with Gasteiger partial charge >= 0.3 is 5.97 Å². The molecule has 0 amide bonds. The van der Waals surface area contributed by atoms with Gasteiger partial charge in [-0.1, -0.05) is 23.2 Å². The van der Waals surface area contributed by atoms with Crippen LogP contribution in [-0.2, 0) is 4.74 Å². The van der Waals surface area contributed by atoms with Gasteiger partial charge in [-0.2, -0.15) is 0 Å². The maximum atomic E-state index is 12.6. The number of fused-ring (bicyclic) bond motifs is 1. The number of hydrogen-bond donors (Lipinski definition) is 0. The lowest BCUT2D eigenvalue weighted by Gasteiger charge is -2.18. The van der Waals surface area contributed by atoms with E-state index in [0.29, 0.717) is 44.2 Å². The second kappa shape index (κ2) is 7.74. The topological polar surface area (TPSA) is 55.6 Å². The van der Waals surface area contributed by atoms with E-state index in [-0.39, 0.29) is 12.1 Å². The Labute approximate surface area is 173 Å². The lowest BCUT2D eigenvalue weighted by atomic mass is 10.2. The molecule has 0 bridgehead atoms. The van der Waals surface area contributed by atoms with Gasteiger partial charge in [-0.3, -0.25) is 0 Å². The van der Waals surface area contributed by atoms with Crippen LogP contribution in [-0.4, -0.2) is 42.1 Å². The van der Waals surface area contributed by atoms with Gasteiger partial charge in [-0.05, 0) is 69.8 Å². The fourth-order valence-corrected chi connectivity index (χ4v) is 4.09. The van der Waals surface area contributed by atoms with E-state index >= 15 is 0 Å². The maximum absolute atomic E-state index is 12.6. The average Bonchev–Trinajstić information content (AvgIpc) is 3.26. The summed E-state index contributed by atoms with van der Waals surface area (Å²) in [6, 6.07) is 10.7. The SMILES string of the molecule is CN(C)[C@H]1CC[C@@H](OC(=O)c2ccc3nc(-c4cc(Cl)cc(Cl)c4)oc3c2)C1. The van der Waals surface area contributed by atoms with E-state index in [2.05, 4.69) is 24.0 Å². The van der Waals surface area contributed by atoms with Crippen molar-refractivity contribution in [2.75, 3.05) is 14.1 Å². The fourth-order valence-electron chi connectivity index (χ4n) is 3.57. The zero-order chi connectivity index (χ0) is 19.8. The molecule has 7 heteroatoms. The molecule has 0 spiro atoms. The third kappa shape index (κ3) is 4.02. The number of carbonyl (C=O) groups excluding carboxylic acids is 1. The minimum atomic E-state index is -0.338. The highest BCUT2D eigenvalue weighted by molar-refractivity contribution is 6.35. The number of oxazole rings is 1. The Hall–Kier alpha value is -2.08. The standard InChI is InChI=1S/C21H20Cl2N2O3/c1-25(2)16-4-5-17(11-16)27-21(26)12-3-6-18-19(9-12)28-20(24-18)13-7-14(22)10-15(23)8-13/h3,6-10,16-17H,4-5,11H2,1-2H3/t16-,17+/m0/s1. The Morgan fingerprint density at radius 1 is 1.14 bits per heavy atom. The van der Waals surface area contributed by atoms with Gasteiger partial charge in [0.15, 0.2) is 5.58 Å². The Bertz CT molecular complexity index is 1010. The van der Waals surface area contributed by atoms with E-state index in [1.54, 1.807) is 36.4 Å². The molecule has 0 aliphatic heterocycles. The highest BCUT2D eigenvalue weighted by atomic mass is 35.5. The number of aromatic nitrogens is 1. The number of hydrogen-bond acceptors (Lipinski definition) is 5. The predicted molar refractivity (Wildman–Crippen MR) is 110 cm³/mol. The summed E-state index contributed by atoms with van der Waals surface area (Å²) < 4.78 is 11.5. The first-order chi connectivity index (χ1) is 13.4. The van der Waals surface area contributed by atoms with Crippen molar-refractivity contribution in [3.05, 3.63) is 52.0 Å². The van der Waals surface area contributed by atoms with Crippen LogP contribution in [0.5, 0.6) is 0 Å². The van der Waals surface area contributed by atoms with Crippen molar-refractivity contribution < 1.29 is 13.9 Å². The molecule has 4 rings (SSSR count). The van der Waals surface area contributed by atoms with E-state index in [1.165, 1.54) is 0 Å². The van der Waals surface area contributed by atoms with Crippen molar-refractivity contribution in [2.24, 2.45) is 0 Å². The Balaban J connectivity index is 1.54.